The number of nitrogens with one attached hydrogen (secondary N) is 1. The van der Waals surface area contributed by atoms with E-state index >= 15 is 0 Å². The standard InChI is InChI=1S/C19H24N2O5S/c1-15-8-10-16(11-9-15)26-14-19(22)20-12-13-21(27(3,23)24)17-6-4-5-7-18(17)25-2/h4-11H,12-14H2,1-3H3,(H,20,22). The third-order valence-electron chi connectivity index (χ3n) is 3.78. The molecule has 0 aliphatic rings. The number of methoxy groups -OCH3 is 1. The van der Waals surface area contributed by atoms with Gasteiger partial charge in [-0.3, -0.25) is 9.10 Å². The average molecular weight is 392 g/mol. The molecule has 0 atom stereocenters. The van der Waals surface area contributed by atoms with Crippen LogP contribution in [0.15, 0.2) is 48.5 Å². The summed E-state index contributed by atoms with van der Waals surface area (Å²) >= 11 is 0. The van der Waals surface area contributed by atoms with Gasteiger partial charge in [0.2, 0.25) is 10.0 Å². The number of carbonyl (C=O) groups is 1. The molecular formula is C19H24N2O5S. The van der Waals surface area contributed by atoms with E-state index in [0.717, 1.165) is 11.8 Å². The van der Waals surface area contributed by atoms with Gasteiger partial charge in [-0.15, -0.1) is 0 Å². The molecule has 7 nitrogen and oxygen atoms in total. The second kappa shape index (κ2) is 9.27. The van der Waals surface area contributed by atoms with Crippen LogP contribution in [0.4, 0.5) is 5.69 Å². The van der Waals surface area contributed by atoms with Gasteiger partial charge in [0.25, 0.3) is 5.91 Å². The molecule has 0 unspecified atom stereocenters. The number of hydrogen-bond donors (Lipinski definition) is 1. The van der Waals surface area contributed by atoms with Crippen LogP contribution in [0, 0.1) is 6.92 Å². The Balaban J connectivity index is 1.92. The van der Waals surface area contributed by atoms with Crippen molar-refractivity contribution in [1.29, 1.82) is 0 Å². The van der Waals surface area contributed by atoms with Crippen molar-refractivity contribution in [1.82, 2.24) is 5.32 Å². The summed E-state index contributed by atoms with van der Waals surface area (Å²) < 4.78 is 36.1. The molecule has 27 heavy (non-hydrogen) atoms. The summed E-state index contributed by atoms with van der Waals surface area (Å²) in [5.41, 5.74) is 1.52. The van der Waals surface area contributed by atoms with Crippen LogP contribution in [0.1, 0.15) is 5.56 Å². The van der Waals surface area contributed by atoms with Gasteiger partial charge in [0, 0.05) is 6.54 Å². The van der Waals surface area contributed by atoms with Crippen molar-refractivity contribution in [2.45, 2.75) is 6.92 Å². The van der Waals surface area contributed by atoms with Gasteiger partial charge in [-0.1, -0.05) is 29.8 Å². The number of carbonyl (C=O) groups excluding carboxylic acids is 1. The van der Waals surface area contributed by atoms with Gasteiger partial charge >= 0.3 is 0 Å². The number of sulfonamides is 1. The van der Waals surface area contributed by atoms with Gasteiger partial charge in [-0.2, -0.15) is 0 Å². The molecule has 2 aromatic carbocycles. The summed E-state index contributed by atoms with van der Waals surface area (Å²) in [5.74, 6) is 0.712. The smallest absolute Gasteiger partial charge is 0.258 e. The zero-order valence-corrected chi connectivity index (χ0v) is 16.5. The molecule has 8 heteroatoms. The van der Waals surface area contributed by atoms with E-state index in [1.54, 1.807) is 36.4 Å². The molecule has 0 spiro atoms. The zero-order chi connectivity index (χ0) is 19.9. The number of anilines is 1. The van der Waals surface area contributed by atoms with Gasteiger partial charge in [-0.25, -0.2) is 8.42 Å². The SMILES string of the molecule is COc1ccccc1N(CCNC(=O)COc1ccc(C)cc1)S(C)(=O)=O. The highest BCUT2D eigenvalue weighted by Gasteiger charge is 2.20. The van der Waals surface area contributed by atoms with Gasteiger partial charge in [-0.05, 0) is 31.2 Å². The van der Waals surface area contributed by atoms with Crippen molar-refractivity contribution in [2.75, 3.05) is 37.4 Å². The maximum Gasteiger partial charge on any atom is 0.258 e. The van der Waals surface area contributed by atoms with Crippen LogP contribution in [0.5, 0.6) is 11.5 Å². The molecule has 2 rings (SSSR count). The zero-order valence-electron chi connectivity index (χ0n) is 15.6. The molecular weight excluding hydrogens is 368 g/mol. The molecule has 0 aromatic heterocycles. The van der Waals surface area contributed by atoms with Crippen LogP contribution in [0.25, 0.3) is 0 Å². The van der Waals surface area contributed by atoms with Gasteiger partial charge in [0.05, 0.1) is 25.6 Å². The first kappa shape index (κ1) is 20.6. The van der Waals surface area contributed by atoms with Crippen LogP contribution in [-0.2, 0) is 14.8 Å². The third kappa shape index (κ3) is 6.18. The van der Waals surface area contributed by atoms with Gasteiger partial charge in [0.1, 0.15) is 11.5 Å². The first-order valence-corrected chi connectivity index (χ1v) is 10.2. The Morgan fingerprint density at radius 1 is 1.11 bits per heavy atom. The molecule has 0 fully saturated rings. The van der Waals surface area contributed by atoms with Crippen LogP contribution >= 0.6 is 0 Å². The second-order valence-corrected chi connectivity index (χ2v) is 7.87. The lowest BCUT2D eigenvalue weighted by molar-refractivity contribution is -0.123. The first-order chi connectivity index (χ1) is 12.8. The van der Waals surface area contributed by atoms with E-state index in [2.05, 4.69) is 5.32 Å². The Labute approximate surface area is 160 Å². The number of benzene rings is 2. The number of para-hydroxylation sites is 2. The summed E-state index contributed by atoms with van der Waals surface area (Å²) in [5, 5.41) is 2.66. The van der Waals surface area contributed by atoms with Crippen LogP contribution in [0.2, 0.25) is 0 Å². The van der Waals surface area contributed by atoms with E-state index in [9.17, 15) is 13.2 Å². The normalized spacial score (nSPS) is 10.9. The molecule has 1 N–H and O–H groups in total. The molecule has 146 valence electrons. The number of amides is 1. The van der Waals surface area contributed by atoms with Crippen LogP contribution in [0.3, 0.4) is 0 Å². The monoisotopic (exact) mass is 392 g/mol. The molecule has 0 aliphatic carbocycles. The number of aryl methyl sites for hydroxylation is 1. The topological polar surface area (TPSA) is 84.9 Å². The van der Waals surface area contributed by atoms with Crippen molar-refractivity contribution in [3.63, 3.8) is 0 Å². The molecule has 0 aliphatic heterocycles. The third-order valence-corrected chi connectivity index (χ3v) is 4.96. The lowest BCUT2D eigenvalue weighted by Crippen LogP contribution is -2.39. The minimum Gasteiger partial charge on any atom is -0.495 e. The van der Waals surface area contributed by atoms with Gasteiger partial charge in [0.15, 0.2) is 6.61 Å². The second-order valence-electron chi connectivity index (χ2n) is 5.96. The van der Waals surface area contributed by atoms with Crippen LogP contribution < -0.4 is 19.1 Å². The fraction of sp³-hybridized carbons (Fsp3) is 0.316. The Hall–Kier alpha value is -2.74. The number of nitrogens with zero attached hydrogens (tertiary/aromatic N) is 1. The molecule has 0 saturated carbocycles. The van der Waals surface area contributed by atoms with E-state index in [4.69, 9.17) is 9.47 Å². The summed E-state index contributed by atoms with van der Waals surface area (Å²) in [6, 6.07) is 14.2. The fourth-order valence-electron chi connectivity index (χ4n) is 2.43. The quantitative estimate of drug-likeness (QED) is 0.705. The van der Waals surface area contributed by atoms with Crippen molar-refractivity contribution >= 4 is 21.6 Å². The number of hydrogen-bond acceptors (Lipinski definition) is 5. The average Bonchev–Trinajstić information content (AvgIpc) is 2.64. The maximum atomic E-state index is 12.1. The molecule has 1 amide bonds. The lowest BCUT2D eigenvalue weighted by Gasteiger charge is -2.24. The molecule has 0 bridgehead atoms. The minimum atomic E-state index is -3.54. The highest BCUT2D eigenvalue weighted by Crippen LogP contribution is 2.29. The van der Waals surface area contributed by atoms with Crippen molar-refractivity contribution in [2.24, 2.45) is 0 Å². The van der Waals surface area contributed by atoms with Crippen molar-refractivity contribution in [3.05, 3.63) is 54.1 Å². The van der Waals surface area contributed by atoms with E-state index in [1.165, 1.54) is 11.4 Å². The predicted octanol–water partition coefficient (Wildman–Crippen LogP) is 1.96. The highest BCUT2D eigenvalue weighted by atomic mass is 32.2. The van der Waals surface area contributed by atoms with E-state index in [-0.39, 0.29) is 25.6 Å². The molecule has 2 aromatic rings. The molecule has 0 radical (unpaired) electrons. The summed E-state index contributed by atoms with van der Waals surface area (Å²) in [6.07, 6.45) is 1.11. The van der Waals surface area contributed by atoms with Crippen LogP contribution in [-0.4, -0.2) is 47.4 Å². The highest BCUT2D eigenvalue weighted by molar-refractivity contribution is 7.92. The number of ether oxygens (including phenoxy) is 2. The van der Waals surface area contributed by atoms with Gasteiger partial charge < -0.3 is 14.8 Å². The van der Waals surface area contributed by atoms with E-state index in [1.807, 2.05) is 19.1 Å². The summed E-state index contributed by atoms with van der Waals surface area (Å²) in [7, 11) is -2.06. The summed E-state index contributed by atoms with van der Waals surface area (Å²) in [4.78, 5) is 11.9. The Bertz CT molecular complexity index is 866. The lowest BCUT2D eigenvalue weighted by atomic mass is 10.2. The maximum absolute atomic E-state index is 12.1. The van der Waals surface area contributed by atoms with E-state index in [0.29, 0.717) is 17.2 Å². The minimum absolute atomic E-state index is 0.0788. The van der Waals surface area contributed by atoms with Crippen molar-refractivity contribution in [3.8, 4) is 11.5 Å². The van der Waals surface area contributed by atoms with Crippen molar-refractivity contribution < 1.29 is 22.7 Å². The fourth-order valence-corrected chi connectivity index (χ4v) is 3.36. The Morgan fingerprint density at radius 2 is 1.78 bits per heavy atom. The molecule has 0 saturated heterocycles. The predicted molar refractivity (Wildman–Crippen MR) is 105 cm³/mol. The Kier molecular flexibility index (Phi) is 7.06. The summed E-state index contributed by atoms with van der Waals surface area (Å²) in [6.45, 7) is 2.04. The first-order valence-electron chi connectivity index (χ1n) is 8.38. The van der Waals surface area contributed by atoms with E-state index < -0.39 is 10.0 Å². The molecule has 0 heterocycles. The largest absolute Gasteiger partial charge is 0.495 e. The number of rotatable bonds is 9. The Morgan fingerprint density at radius 3 is 2.41 bits per heavy atom.